The van der Waals surface area contributed by atoms with Crippen molar-refractivity contribution in [1.82, 2.24) is 4.90 Å². The lowest BCUT2D eigenvalue weighted by Gasteiger charge is -2.35. The van der Waals surface area contributed by atoms with Gasteiger partial charge in [-0.25, -0.2) is 4.39 Å². The average Bonchev–Trinajstić information content (AvgIpc) is 2.63. The highest BCUT2D eigenvalue weighted by molar-refractivity contribution is 5.71. The van der Waals surface area contributed by atoms with Gasteiger partial charge >= 0.3 is 0 Å². The molecule has 1 aromatic carbocycles. The molecule has 2 heterocycles. The van der Waals surface area contributed by atoms with Gasteiger partial charge in [0.15, 0.2) is 0 Å². The summed E-state index contributed by atoms with van der Waals surface area (Å²) in [5.74, 6) is -0.208. The van der Waals surface area contributed by atoms with E-state index in [1.165, 1.54) is 24.1 Å². The van der Waals surface area contributed by atoms with Crippen molar-refractivity contribution in [2.75, 3.05) is 13.7 Å². The van der Waals surface area contributed by atoms with Crippen molar-refractivity contribution in [3.8, 4) is 0 Å². The number of aliphatic hydroxyl groups excluding tert-OH is 1. The second-order valence-electron chi connectivity index (χ2n) is 5.29. The lowest BCUT2D eigenvalue weighted by atomic mass is 9.89. The van der Waals surface area contributed by atoms with Gasteiger partial charge in [-0.15, -0.1) is 0 Å². The van der Waals surface area contributed by atoms with Gasteiger partial charge in [-0.2, -0.15) is 0 Å². The van der Waals surface area contributed by atoms with E-state index in [2.05, 4.69) is 11.9 Å². The van der Waals surface area contributed by atoms with Crippen LogP contribution >= 0.6 is 0 Å². The van der Waals surface area contributed by atoms with Crippen molar-refractivity contribution < 1.29 is 9.50 Å². The first-order chi connectivity index (χ1) is 8.70. The first kappa shape index (κ1) is 11.9. The summed E-state index contributed by atoms with van der Waals surface area (Å²) >= 11 is 0. The number of likely N-dealkylation sites (N-methyl/N-ethyl adjacent to an activating group) is 1. The molecule has 0 spiro atoms. The summed E-state index contributed by atoms with van der Waals surface area (Å²) < 4.78 is 13.0. The molecule has 2 bridgehead atoms. The SMILES string of the molecule is CN1C2CC[C@@H]1C(CO)=C(c1ccc(F)cc1)C2. The smallest absolute Gasteiger partial charge is 0.123 e. The fraction of sp³-hybridized carbons (Fsp3) is 0.467. The number of benzene rings is 1. The van der Waals surface area contributed by atoms with Crippen molar-refractivity contribution in [2.45, 2.75) is 31.3 Å². The molecule has 2 atom stereocenters. The molecule has 2 nitrogen and oxygen atoms in total. The van der Waals surface area contributed by atoms with E-state index < -0.39 is 0 Å². The van der Waals surface area contributed by atoms with Gasteiger partial charge in [0.2, 0.25) is 0 Å². The summed E-state index contributed by atoms with van der Waals surface area (Å²) in [6.45, 7) is 0.106. The molecule has 0 aliphatic carbocycles. The maximum Gasteiger partial charge on any atom is 0.123 e. The van der Waals surface area contributed by atoms with Gasteiger partial charge in [-0.05, 0) is 55.2 Å². The Bertz CT molecular complexity index is 480. The number of fused-ring (bicyclic) bond motifs is 2. The van der Waals surface area contributed by atoms with Crippen LogP contribution in [0, 0.1) is 5.82 Å². The Labute approximate surface area is 107 Å². The van der Waals surface area contributed by atoms with E-state index in [1.54, 1.807) is 0 Å². The van der Waals surface area contributed by atoms with E-state index >= 15 is 0 Å². The molecule has 1 aromatic rings. The highest BCUT2D eigenvalue weighted by atomic mass is 19.1. The Morgan fingerprint density at radius 1 is 1.28 bits per heavy atom. The Morgan fingerprint density at radius 3 is 2.67 bits per heavy atom. The molecule has 0 saturated carbocycles. The zero-order valence-electron chi connectivity index (χ0n) is 10.6. The average molecular weight is 247 g/mol. The van der Waals surface area contributed by atoms with Gasteiger partial charge in [-0.1, -0.05) is 12.1 Å². The molecule has 96 valence electrons. The van der Waals surface area contributed by atoms with Crippen LogP contribution in [0.4, 0.5) is 4.39 Å². The minimum Gasteiger partial charge on any atom is -0.392 e. The second-order valence-corrected chi connectivity index (χ2v) is 5.29. The Morgan fingerprint density at radius 2 is 2.00 bits per heavy atom. The number of rotatable bonds is 2. The predicted octanol–water partition coefficient (Wildman–Crippen LogP) is 2.44. The van der Waals surface area contributed by atoms with Crippen LogP contribution in [0.1, 0.15) is 24.8 Å². The van der Waals surface area contributed by atoms with E-state index in [-0.39, 0.29) is 12.4 Å². The third-order valence-corrected chi connectivity index (χ3v) is 4.43. The van der Waals surface area contributed by atoms with E-state index in [9.17, 15) is 9.50 Å². The Hall–Kier alpha value is -1.19. The third kappa shape index (κ3) is 1.78. The summed E-state index contributed by atoms with van der Waals surface area (Å²) in [5, 5.41) is 9.66. The highest BCUT2D eigenvalue weighted by Gasteiger charge is 2.38. The molecule has 1 fully saturated rings. The Balaban J connectivity index is 2.03. The maximum atomic E-state index is 13.0. The molecular formula is C15H18FNO. The molecule has 0 amide bonds. The van der Waals surface area contributed by atoms with Gasteiger partial charge in [0.25, 0.3) is 0 Å². The van der Waals surface area contributed by atoms with Crippen LogP contribution in [0.25, 0.3) is 5.57 Å². The van der Waals surface area contributed by atoms with Crippen LogP contribution < -0.4 is 0 Å². The lowest BCUT2D eigenvalue weighted by molar-refractivity contribution is 0.228. The van der Waals surface area contributed by atoms with Crippen LogP contribution in [0.15, 0.2) is 29.8 Å². The molecule has 0 aromatic heterocycles. The first-order valence-electron chi connectivity index (χ1n) is 6.51. The van der Waals surface area contributed by atoms with Crippen molar-refractivity contribution in [3.05, 3.63) is 41.2 Å². The molecule has 2 aliphatic rings. The summed E-state index contributed by atoms with van der Waals surface area (Å²) in [4.78, 5) is 2.37. The molecule has 1 N–H and O–H groups in total. The molecular weight excluding hydrogens is 229 g/mol. The van der Waals surface area contributed by atoms with E-state index in [0.717, 1.165) is 24.0 Å². The van der Waals surface area contributed by atoms with Crippen molar-refractivity contribution in [2.24, 2.45) is 0 Å². The van der Waals surface area contributed by atoms with Crippen molar-refractivity contribution >= 4 is 5.57 Å². The largest absolute Gasteiger partial charge is 0.392 e. The van der Waals surface area contributed by atoms with Crippen LogP contribution in [0.3, 0.4) is 0 Å². The van der Waals surface area contributed by atoms with Crippen LogP contribution in [-0.4, -0.2) is 35.7 Å². The summed E-state index contributed by atoms with van der Waals surface area (Å²) in [7, 11) is 2.14. The lowest BCUT2D eigenvalue weighted by Crippen LogP contribution is -2.38. The quantitative estimate of drug-likeness (QED) is 0.867. The van der Waals surface area contributed by atoms with Gasteiger partial charge in [0.1, 0.15) is 5.82 Å². The van der Waals surface area contributed by atoms with Crippen molar-refractivity contribution in [3.63, 3.8) is 0 Å². The van der Waals surface area contributed by atoms with E-state index in [1.807, 2.05) is 12.1 Å². The van der Waals surface area contributed by atoms with Crippen LogP contribution in [0.5, 0.6) is 0 Å². The zero-order chi connectivity index (χ0) is 12.7. The molecule has 1 unspecified atom stereocenters. The number of hydrogen-bond donors (Lipinski definition) is 1. The molecule has 3 rings (SSSR count). The van der Waals surface area contributed by atoms with Gasteiger partial charge < -0.3 is 5.11 Å². The van der Waals surface area contributed by atoms with E-state index in [4.69, 9.17) is 0 Å². The maximum absolute atomic E-state index is 13.0. The molecule has 18 heavy (non-hydrogen) atoms. The molecule has 3 heteroatoms. The highest BCUT2D eigenvalue weighted by Crippen LogP contribution is 2.41. The normalized spacial score (nSPS) is 27.9. The fourth-order valence-electron chi connectivity index (χ4n) is 3.40. The number of halogens is 1. The second kappa shape index (κ2) is 4.48. The number of hydrogen-bond acceptors (Lipinski definition) is 2. The van der Waals surface area contributed by atoms with Gasteiger partial charge in [-0.3, -0.25) is 4.90 Å². The zero-order valence-corrected chi connectivity index (χ0v) is 10.6. The third-order valence-electron chi connectivity index (χ3n) is 4.43. The minimum atomic E-state index is -0.208. The summed E-state index contributed by atoms with van der Waals surface area (Å²) in [6, 6.07) is 7.59. The molecule has 1 saturated heterocycles. The number of aliphatic hydroxyl groups is 1. The fourth-order valence-corrected chi connectivity index (χ4v) is 3.40. The molecule has 2 aliphatic heterocycles. The van der Waals surface area contributed by atoms with Gasteiger partial charge in [0.05, 0.1) is 6.61 Å². The minimum absolute atomic E-state index is 0.106. The van der Waals surface area contributed by atoms with Gasteiger partial charge in [0, 0.05) is 12.1 Å². The Kier molecular flexibility index (Phi) is 2.96. The summed E-state index contributed by atoms with van der Waals surface area (Å²) in [5.41, 5.74) is 3.41. The predicted molar refractivity (Wildman–Crippen MR) is 69.6 cm³/mol. The van der Waals surface area contributed by atoms with E-state index in [0.29, 0.717) is 12.1 Å². The first-order valence-corrected chi connectivity index (χ1v) is 6.51. The van der Waals surface area contributed by atoms with Crippen molar-refractivity contribution in [1.29, 1.82) is 0 Å². The van der Waals surface area contributed by atoms with Crippen LogP contribution in [0.2, 0.25) is 0 Å². The monoisotopic (exact) mass is 247 g/mol. The molecule has 0 radical (unpaired) electrons. The number of nitrogens with zero attached hydrogens (tertiary/aromatic N) is 1. The topological polar surface area (TPSA) is 23.5 Å². The standard InChI is InChI=1S/C15H18FNO/c1-17-12-6-7-15(17)14(9-18)13(8-12)10-2-4-11(16)5-3-10/h2-5,12,15,18H,6-9H2,1H3/t12?,15-/m1/s1. The van der Waals surface area contributed by atoms with Crippen LogP contribution in [-0.2, 0) is 0 Å². The summed E-state index contributed by atoms with van der Waals surface area (Å²) in [6.07, 6.45) is 3.28.